The van der Waals surface area contributed by atoms with E-state index in [9.17, 15) is 4.79 Å². The van der Waals surface area contributed by atoms with Gasteiger partial charge in [0.05, 0.1) is 16.5 Å². The lowest BCUT2D eigenvalue weighted by atomic mass is 10.3. The highest BCUT2D eigenvalue weighted by molar-refractivity contribution is 7.99. The summed E-state index contributed by atoms with van der Waals surface area (Å²) in [4.78, 5) is 11.9. The Labute approximate surface area is 140 Å². The van der Waals surface area contributed by atoms with Crippen LogP contribution in [-0.4, -0.2) is 27.0 Å². The van der Waals surface area contributed by atoms with Crippen molar-refractivity contribution in [3.8, 4) is 11.6 Å². The summed E-state index contributed by atoms with van der Waals surface area (Å²) in [6, 6.07) is 8.69. The number of thioether (sulfide) groups is 1. The summed E-state index contributed by atoms with van der Waals surface area (Å²) in [5, 5.41) is 15.0. The van der Waals surface area contributed by atoms with E-state index in [4.69, 9.17) is 20.5 Å². The molecule has 1 amide bonds. The van der Waals surface area contributed by atoms with Crippen molar-refractivity contribution in [2.45, 2.75) is 12.1 Å². The molecule has 3 aromatic rings. The van der Waals surface area contributed by atoms with Crippen LogP contribution in [0.15, 0.2) is 44.5 Å². The van der Waals surface area contributed by atoms with Gasteiger partial charge in [0.2, 0.25) is 5.91 Å². The lowest BCUT2D eigenvalue weighted by Crippen LogP contribution is -2.14. The Hall–Kier alpha value is -2.32. The summed E-state index contributed by atoms with van der Waals surface area (Å²) >= 11 is 7.10. The van der Waals surface area contributed by atoms with Crippen LogP contribution >= 0.6 is 23.4 Å². The third-order valence-corrected chi connectivity index (χ3v) is 3.88. The number of amides is 1. The molecule has 3 rings (SSSR count). The number of halogens is 1. The van der Waals surface area contributed by atoms with E-state index in [-0.39, 0.29) is 22.8 Å². The summed E-state index contributed by atoms with van der Waals surface area (Å²) in [5.41, 5.74) is 1.02. The van der Waals surface area contributed by atoms with Crippen molar-refractivity contribution < 1.29 is 13.7 Å². The molecule has 0 saturated carbocycles. The van der Waals surface area contributed by atoms with Gasteiger partial charge in [-0.3, -0.25) is 4.79 Å². The van der Waals surface area contributed by atoms with Crippen molar-refractivity contribution in [2.24, 2.45) is 0 Å². The third-order valence-electron chi connectivity index (χ3n) is 2.73. The third kappa shape index (κ3) is 3.91. The fourth-order valence-electron chi connectivity index (χ4n) is 1.71. The zero-order chi connectivity index (χ0) is 16.2. The molecule has 0 saturated heterocycles. The van der Waals surface area contributed by atoms with Crippen molar-refractivity contribution in [3.05, 3.63) is 41.1 Å². The highest BCUT2D eigenvalue weighted by atomic mass is 35.5. The van der Waals surface area contributed by atoms with E-state index >= 15 is 0 Å². The SMILES string of the molecule is Cc1cc(-c2nnc(SCC(=O)Nc3ccccc3Cl)o2)no1. The average molecular weight is 351 g/mol. The van der Waals surface area contributed by atoms with Gasteiger partial charge in [-0.05, 0) is 19.1 Å². The van der Waals surface area contributed by atoms with E-state index in [1.54, 1.807) is 37.3 Å². The maximum absolute atomic E-state index is 11.9. The largest absolute Gasteiger partial charge is 0.409 e. The molecule has 2 heterocycles. The van der Waals surface area contributed by atoms with E-state index in [0.717, 1.165) is 11.8 Å². The number of aromatic nitrogens is 3. The van der Waals surface area contributed by atoms with Crippen molar-refractivity contribution in [2.75, 3.05) is 11.1 Å². The number of rotatable bonds is 5. The Morgan fingerprint density at radius 1 is 1.35 bits per heavy atom. The highest BCUT2D eigenvalue weighted by Crippen LogP contribution is 2.24. The zero-order valence-electron chi connectivity index (χ0n) is 11.9. The summed E-state index contributed by atoms with van der Waals surface area (Å²) in [5.74, 6) is 0.785. The number of hydrogen-bond donors (Lipinski definition) is 1. The van der Waals surface area contributed by atoms with Crippen LogP contribution < -0.4 is 5.32 Å². The minimum atomic E-state index is -0.222. The first-order valence-electron chi connectivity index (χ1n) is 6.56. The van der Waals surface area contributed by atoms with Crippen LogP contribution in [0.1, 0.15) is 5.76 Å². The van der Waals surface area contributed by atoms with Crippen LogP contribution in [0, 0.1) is 6.92 Å². The molecular formula is C14H11ClN4O3S. The molecule has 2 aromatic heterocycles. The molecule has 0 radical (unpaired) electrons. The lowest BCUT2D eigenvalue weighted by Gasteiger charge is -2.05. The molecule has 23 heavy (non-hydrogen) atoms. The summed E-state index contributed by atoms with van der Waals surface area (Å²) in [6.07, 6.45) is 0. The molecule has 0 aliphatic rings. The normalized spacial score (nSPS) is 10.7. The number of hydrogen-bond acceptors (Lipinski definition) is 7. The molecule has 118 valence electrons. The molecule has 0 fully saturated rings. The average Bonchev–Trinajstić information content (AvgIpc) is 3.16. The van der Waals surface area contributed by atoms with Crippen LogP contribution in [0.4, 0.5) is 5.69 Å². The Balaban J connectivity index is 1.57. The topological polar surface area (TPSA) is 94.1 Å². The number of nitrogens with one attached hydrogen (secondary N) is 1. The molecule has 0 aliphatic heterocycles. The van der Waals surface area contributed by atoms with Gasteiger partial charge < -0.3 is 14.3 Å². The second kappa shape index (κ2) is 6.84. The van der Waals surface area contributed by atoms with Crippen LogP contribution in [-0.2, 0) is 4.79 Å². The molecule has 0 atom stereocenters. The van der Waals surface area contributed by atoms with Crippen molar-refractivity contribution in [3.63, 3.8) is 0 Å². The first-order chi connectivity index (χ1) is 11.1. The fourth-order valence-corrected chi connectivity index (χ4v) is 2.46. The predicted octanol–water partition coefficient (Wildman–Crippen LogP) is 3.42. The van der Waals surface area contributed by atoms with Gasteiger partial charge in [0.15, 0.2) is 5.69 Å². The van der Waals surface area contributed by atoms with Gasteiger partial charge in [-0.25, -0.2) is 0 Å². The predicted molar refractivity (Wildman–Crippen MR) is 85.3 cm³/mol. The number of aryl methyl sites for hydroxylation is 1. The van der Waals surface area contributed by atoms with Gasteiger partial charge in [-0.1, -0.05) is 40.7 Å². The van der Waals surface area contributed by atoms with Crippen molar-refractivity contribution >= 4 is 35.0 Å². The molecule has 1 aromatic carbocycles. The molecule has 0 bridgehead atoms. The molecule has 7 nitrogen and oxygen atoms in total. The summed E-state index contributed by atoms with van der Waals surface area (Å²) < 4.78 is 10.4. The van der Waals surface area contributed by atoms with Gasteiger partial charge in [-0.2, -0.15) is 0 Å². The fraction of sp³-hybridized carbons (Fsp3) is 0.143. The van der Waals surface area contributed by atoms with Crippen molar-refractivity contribution in [1.29, 1.82) is 0 Å². The number of anilines is 1. The summed E-state index contributed by atoms with van der Waals surface area (Å²) in [7, 11) is 0. The molecule has 0 aliphatic carbocycles. The van der Waals surface area contributed by atoms with E-state index < -0.39 is 0 Å². The molecular weight excluding hydrogens is 340 g/mol. The number of para-hydroxylation sites is 1. The zero-order valence-corrected chi connectivity index (χ0v) is 13.5. The Morgan fingerprint density at radius 2 is 2.17 bits per heavy atom. The first-order valence-corrected chi connectivity index (χ1v) is 7.92. The Kier molecular flexibility index (Phi) is 4.63. The number of benzene rings is 1. The van der Waals surface area contributed by atoms with Gasteiger partial charge in [0.1, 0.15) is 5.76 Å². The van der Waals surface area contributed by atoms with E-state index in [0.29, 0.717) is 22.2 Å². The van der Waals surface area contributed by atoms with Gasteiger partial charge in [0, 0.05) is 6.07 Å². The minimum absolute atomic E-state index is 0.116. The number of carbonyl (C=O) groups is 1. The molecule has 1 N–H and O–H groups in total. The Morgan fingerprint density at radius 3 is 2.91 bits per heavy atom. The number of carbonyl (C=O) groups excluding carboxylic acids is 1. The first kappa shape index (κ1) is 15.6. The van der Waals surface area contributed by atoms with E-state index in [1.807, 2.05) is 0 Å². The number of nitrogens with zero attached hydrogens (tertiary/aromatic N) is 3. The standard InChI is InChI=1S/C14H11ClN4O3S/c1-8-6-11(19-22-8)13-17-18-14(21-13)23-7-12(20)16-10-5-3-2-4-9(10)15/h2-6H,7H2,1H3,(H,16,20). The molecule has 9 heteroatoms. The van der Waals surface area contributed by atoms with Crippen molar-refractivity contribution in [1.82, 2.24) is 15.4 Å². The van der Waals surface area contributed by atoms with Gasteiger partial charge in [-0.15, -0.1) is 10.2 Å². The highest BCUT2D eigenvalue weighted by Gasteiger charge is 2.14. The lowest BCUT2D eigenvalue weighted by molar-refractivity contribution is -0.113. The molecule has 0 spiro atoms. The maximum Gasteiger partial charge on any atom is 0.277 e. The van der Waals surface area contributed by atoms with Crippen LogP contribution in [0.2, 0.25) is 5.02 Å². The van der Waals surface area contributed by atoms with Gasteiger partial charge >= 0.3 is 0 Å². The van der Waals surface area contributed by atoms with E-state index in [2.05, 4.69) is 20.7 Å². The van der Waals surface area contributed by atoms with Gasteiger partial charge in [0.25, 0.3) is 11.1 Å². The smallest absolute Gasteiger partial charge is 0.277 e. The van der Waals surface area contributed by atoms with Crippen LogP contribution in [0.5, 0.6) is 0 Å². The minimum Gasteiger partial charge on any atom is -0.409 e. The quantitative estimate of drug-likeness (QED) is 0.704. The second-order valence-electron chi connectivity index (χ2n) is 4.51. The Bertz CT molecular complexity index is 833. The monoisotopic (exact) mass is 350 g/mol. The summed E-state index contributed by atoms with van der Waals surface area (Å²) in [6.45, 7) is 1.77. The molecule has 0 unspecified atom stereocenters. The van der Waals surface area contributed by atoms with E-state index in [1.165, 1.54) is 0 Å². The van der Waals surface area contributed by atoms with Crippen LogP contribution in [0.3, 0.4) is 0 Å². The second-order valence-corrected chi connectivity index (χ2v) is 5.85. The van der Waals surface area contributed by atoms with Crippen LogP contribution in [0.25, 0.3) is 11.6 Å². The maximum atomic E-state index is 11.9.